The van der Waals surface area contributed by atoms with E-state index in [0.29, 0.717) is 31.3 Å². The van der Waals surface area contributed by atoms with Gasteiger partial charge in [-0.1, -0.05) is 0 Å². The van der Waals surface area contributed by atoms with Crippen molar-refractivity contribution < 1.29 is 13.9 Å². The number of aromatic nitrogens is 1. The maximum absolute atomic E-state index is 5.79. The maximum Gasteiger partial charge on any atom is 0.209 e. The van der Waals surface area contributed by atoms with Crippen molar-refractivity contribution in [2.45, 2.75) is 25.2 Å². The molecule has 0 radical (unpaired) electrons. The number of nitrogens with two attached hydrogens (primary N) is 1. The molecule has 2 aromatic rings. The number of piperidine rings is 1. The molecular formula is C15H19N3O3. The molecule has 6 nitrogen and oxygen atoms in total. The van der Waals surface area contributed by atoms with Crippen LogP contribution in [-0.4, -0.2) is 42.0 Å². The number of nitrogen functional groups attached to an aromatic ring is 1. The number of likely N-dealkylation sites (tertiary alicyclic amines) is 1. The molecule has 21 heavy (non-hydrogen) atoms. The van der Waals surface area contributed by atoms with E-state index in [1.54, 1.807) is 0 Å². The third kappa shape index (κ3) is 2.50. The van der Waals surface area contributed by atoms with Gasteiger partial charge in [-0.15, -0.1) is 0 Å². The van der Waals surface area contributed by atoms with Crippen LogP contribution in [0.3, 0.4) is 0 Å². The molecule has 4 rings (SSSR count). The molecule has 1 spiro atoms. The van der Waals surface area contributed by atoms with Crippen molar-refractivity contribution in [1.29, 1.82) is 0 Å². The minimum atomic E-state index is -0.408. The Hall–Kier alpha value is -1.63. The number of hydrogen-bond donors (Lipinski definition) is 1. The van der Waals surface area contributed by atoms with E-state index in [2.05, 4.69) is 9.88 Å². The standard InChI is InChI=1S/C15H19N3O3/c16-11-2-3-12-13(8-11)21-14(17-12)9-18-5-1-4-15(10-18)19-6-7-20-15/h2-3,8H,1,4-7,9-10,16H2. The van der Waals surface area contributed by atoms with Crippen LogP contribution in [0.25, 0.3) is 11.1 Å². The summed E-state index contributed by atoms with van der Waals surface area (Å²) in [6.07, 6.45) is 2.03. The molecule has 2 aliphatic heterocycles. The molecule has 2 fully saturated rings. The molecule has 6 heteroatoms. The zero-order chi connectivity index (χ0) is 14.3. The highest BCUT2D eigenvalue weighted by Gasteiger charge is 2.40. The molecular weight excluding hydrogens is 270 g/mol. The van der Waals surface area contributed by atoms with Crippen molar-refractivity contribution in [2.75, 3.05) is 32.0 Å². The average Bonchev–Trinajstić information content (AvgIpc) is 3.05. The first-order valence-electron chi connectivity index (χ1n) is 7.38. The Morgan fingerprint density at radius 3 is 3.00 bits per heavy atom. The predicted octanol–water partition coefficient (Wildman–Crippen LogP) is 1.75. The Balaban J connectivity index is 1.51. The number of nitrogens with zero attached hydrogens (tertiary/aromatic N) is 2. The van der Waals surface area contributed by atoms with Gasteiger partial charge < -0.3 is 19.6 Å². The molecule has 0 saturated carbocycles. The third-order valence-electron chi connectivity index (χ3n) is 4.13. The van der Waals surface area contributed by atoms with Crippen LogP contribution in [0.2, 0.25) is 0 Å². The summed E-state index contributed by atoms with van der Waals surface area (Å²) < 4.78 is 17.4. The van der Waals surface area contributed by atoms with Crippen LogP contribution >= 0.6 is 0 Å². The number of fused-ring (bicyclic) bond motifs is 1. The topological polar surface area (TPSA) is 73.8 Å². The van der Waals surface area contributed by atoms with E-state index < -0.39 is 5.79 Å². The van der Waals surface area contributed by atoms with Gasteiger partial charge in [-0.25, -0.2) is 4.98 Å². The molecule has 0 aliphatic carbocycles. The van der Waals surface area contributed by atoms with Gasteiger partial charge in [0.15, 0.2) is 11.4 Å². The van der Waals surface area contributed by atoms with E-state index in [-0.39, 0.29) is 0 Å². The smallest absolute Gasteiger partial charge is 0.209 e. The highest BCUT2D eigenvalue weighted by Crippen LogP contribution is 2.31. The monoisotopic (exact) mass is 289 g/mol. The van der Waals surface area contributed by atoms with Gasteiger partial charge in [0.2, 0.25) is 5.89 Å². The summed E-state index contributed by atoms with van der Waals surface area (Å²) in [5, 5.41) is 0. The second-order valence-corrected chi connectivity index (χ2v) is 5.76. The lowest BCUT2D eigenvalue weighted by molar-refractivity contribution is -0.190. The second kappa shape index (κ2) is 4.98. The first-order chi connectivity index (χ1) is 10.2. The summed E-state index contributed by atoms with van der Waals surface area (Å²) in [5.41, 5.74) is 8.04. The lowest BCUT2D eigenvalue weighted by Crippen LogP contribution is -2.48. The van der Waals surface area contributed by atoms with Crippen molar-refractivity contribution in [3.8, 4) is 0 Å². The molecule has 0 amide bonds. The van der Waals surface area contributed by atoms with E-state index in [1.165, 1.54) is 0 Å². The van der Waals surface area contributed by atoms with Gasteiger partial charge in [-0.05, 0) is 25.1 Å². The molecule has 0 unspecified atom stereocenters. The van der Waals surface area contributed by atoms with Crippen molar-refractivity contribution in [1.82, 2.24) is 9.88 Å². The fraction of sp³-hybridized carbons (Fsp3) is 0.533. The van der Waals surface area contributed by atoms with Gasteiger partial charge >= 0.3 is 0 Å². The number of benzene rings is 1. The Morgan fingerprint density at radius 1 is 1.29 bits per heavy atom. The highest BCUT2D eigenvalue weighted by atomic mass is 16.7. The van der Waals surface area contributed by atoms with Gasteiger partial charge in [0, 0.05) is 18.2 Å². The summed E-state index contributed by atoms with van der Waals surface area (Å²) in [4.78, 5) is 6.80. The van der Waals surface area contributed by atoms with E-state index >= 15 is 0 Å². The van der Waals surface area contributed by atoms with E-state index in [1.807, 2.05) is 18.2 Å². The number of hydrogen-bond acceptors (Lipinski definition) is 6. The Kier molecular flexibility index (Phi) is 3.10. The summed E-state index contributed by atoms with van der Waals surface area (Å²) in [6, 6.07) is 5.54. The largest absolute Gasteiger partial charge is 0.439 e. The van der Waals surface area contributed by atoms with Gasteiger partial charge in [-0.2, -0.15) is 0 Å². The minimum Gasteiger partial charge on any atom is -0.439 e. The molecule has 0 atom stereocenters. The van der Waals surface area contributed by atoms with Crippen molar-refractivity contribution in [2.24, 2.45) is 0 Å². The van der Waals surface area contributed by atoms with Crippen LogP contribution in [0.5, 0.6) is 0 Å². The minimum absolute atomic E-state index is 0.408. The second-order valence-electron chi connectivity index (χ2n) is 5.76. The van der Waals surface area contributed by atoms with Crippen LogP contribution in [0.15, 0.2) is 22.6 Å². The van der Waals surface area contributed by atoms with E-state index in [0.717, 1.165) is 37.0 Å². The molecule has 1 aromatic carbocycles. The molecule has 2 aliphatic rings. The number of oxazole rings is 1. The van der Waals surface area contributed by atoms with Crippen molar-refractivity contribution in [3.63, 3.8) is 0 Å². The summed E-state index contributed by atoms with van der Waals surface area (Å²) in [5.74, 6) is 0.306. The summed E-state index contributed by atoms with van der Waals surface area (Å²) in [6.45, 7) is 3.83. The quantitative estimate of drug-likeness (QED) is 0.849. The molecule has 2 saturated heterocycles. The Morgan fingerprint density at radius 2 is 2.14 bits per heavy atom. The van der Waals surface area contributed by atoms with Gasteiger partial charge in [-0.3, -0.25) is 4.90 Å². The van der Waals surface area contributed by atoms with Crippen LogP contribution < -0.4 is 5.73 Å². The fourth-order valence-corrected chi connectivity index (χ4v) is 3.19. The SMILES string of the molecule is Nc1ccc2nc(CN3CCCC4(C3)OCCO4)oc2c1. The highest BCUT2D eigenvalue weighted by molar-refractivity contribution is 5.76. The van der Waals surface area contributed by atoms with Crippen LogP contribution in [0.1, 0.15) is 18.7 Å². The number of anilines is 1. The van der Waals surface area contributed by atoms with E-state index in [4.69, 9.17) is 19.6 Å². The van der Waals surface area contributed by atoms with E-state index in [9.17, 15) is 0 Å². The molecule has 2 N–H and O–H groups in total. The average molecular weight is 289 g/mol. The molecule has 3 heterocycles. The number of rotatable bonds is 2. The van der Waals surface area contributed by atoms with Gasteiger partial charge in [0.25, 0.3) is 0 Å². The Labute approximate surface area is 122 Å². The molecule has 0 bridgehead atoms. The van der Waals surface area contributed by atoms with Crippen LogP contribution in [0.4, 0.5) is 5.69 Å². The summed E-state index contributed by atoms with van der Waals surface area (Å²) >= 11 is 0. The summed E-state index contributed by atoms with van der Waals surface area (Å²) in [7, 11) is 0. The predicted molar refractivity (Wildman–Crippen MR) is 77.6 cm³/mol. The lowest BCUT2D eigenvalue weighted by atomic mass is 10.0. The zero-order valence-electron chi connectivity index (χ0n) is 11.9. The van der Waals surface area contributed by atoms with Crippen molar-refractivity contribution >= 4 is 16.8 Å². The zero-order valence-corrected chi connectivity index (χ0v) is 11.9. The lowest BCUT2D eigenvalue weighted by Gasteiger charge is -2.37. The fourth-order valence-electron chi connectivity index (χ4n) is 3.19. The molecule has 1 aromatic heterocycles. The maximum atomic E-state index is 5.79. The Bertz CT molecular complexity index is 649. The van der Waals surface area contributed by atoms with Crippen LogP contribution in [0, 0.1) is 0 Å². The van der Waals surface area contributed by atoms with Gasteiger partial charge in [0.05, 0.1) is 26.3 Å². The third-order valence-corrected chi connectivity index (χ3v) is 4.13. The number of ether oxygens (including phenoxy) is 2. The molecule has 112 valence electrons. The van der Waals surface area contributed by atoms with Crippen LogP contribution in [-0.2, 0) is 16.0 Å². The normalized spacial score (nSPS) is 22.3. The van der Waals surface area contributed by atoms with Crippen molar-refractivity contribution in [3.05, 3.63) is 24.1 Å². The van der Waals surface area contributed by atoms with Gasteiger partial charge in [0.1, 0.15) is 5.52 Å². The first kappa shape index (κ1) is 13.1. The first-order valence-corrected chi connectivity index (χ1v) is 7.38.